The molecule has 1 heterocycles. The molecule has 12 aromatic rings. The van der Waals surface area contributed by atoms with Crippen molar-refractivity contribution in [2.45, 2.75) is 0 Å². The summed E-state index contributed by atoms with van der Waals surface area (Å²) < 4.78 is 0. The largest absolute Gasteiger partial charge is 0.311 e. The van der Waals surface area contributed by atoms with Crippen molar-refractivity contribution in [2.75, 3.05) is 9.80 Å². The van der Waals surface area contributed by atoms with Crippen LogP contribution in [0.15, 0.2) is 309 Å². The topological polar surface area (TPSA) is 19.4 Å². The molecule has 0 unspecified atom stereocenters. The van der Waals surface area contributed by atoms with Crippen molar-refractivity contribution in [3.8, 4) is 78.1 Å². The van der Waals surface area contributed by atoms with E-state index in [1.54, 1.807) is 0 Å². The van der Waals surface area contributed by atoms with Gasteiger partial charge in [0.05, 0.1) is 11.4 Å². The van der Waals surface area contributed by atoms with E-state index in [1.807, 2.05) is 0 Å². The summed E-state index contributed by atoms with van der Waals surface area (Å²) in [5.41, 5.74) is 22.4. The summed E-state index contributed by atoms with van der Waals surface area (Å²) in [5, 5.41) is 0. The predicted octanol–water partition coefficient (Wildman–Crippen LogP) is 19.3. The maximum Gasteiger partial charge on any atom is 0.0715 e. The molecule has 4 heteroatoms. The number of hydrogen-bond donors (Lipinski definition) is 0. The van der Waals surface area contributed by atoms with E-state index in [0.29, 0.717) is 0 Å². The number of rotatable bonds is 13. The molecule has 0 amide bonds. The van der Waals surface area contributed by atoms with E-state index in [9.17, 15) is 0 Å². The van der Waals surface area contributed by atoms with Gasteiger partial charge in [0, 0.05) is 53.7 Å². The van der Waals surface area contributed by atoms with Gasteiger partial charge in [0.1, 0.15) is 0 Å². The van der Waals surface area contributed by atoms with Gasteiger partial charge in [-0.15, -0.1) is 0 Å². The zero-order valence-corrected chi connectivity index (χ0v) is 41.4. The highest BCUT2D eigenvalue weighted by atomic mass is 15.1. The van der Waals surface area contributed by atoms with Gasteiger partial charge in [-0.25, -0.2) is 4.98 Å². The first-order valence-corrected chi connectivity index (χ1v) is 25.2. The summed E-state index contributed by atoms with van der Waals surface area (Å²) in [5.74, 6) is 0. The number of benzene rings is 11. The predicted molar refractivity (Wildman–Crippen MR) is 317 cm³/mol. The van der Waals surface area contributed by atoms with E-state index >= 15 is 0 Å². The van der Waals surface area contributed by atoms with E-state index in [4.69, 9.17) is 4.98 Å². The average molecular weight is 957 g/mol. The molecule has 0 aliphatic rings. The summed E-state index contributed by atoms with van der Waals surface area (Å²) in [4.78, 5) is 9.87. The zero-order chi connectivity index (χ0) is 49.5. The van der Waals surface area contributed by atoms with Crippen molar-refractivity contribution in [1.82, 2.24) is 4.98 Å². The molecular formula is C71H51BN3. The summed E-state index contributed by atoms with van der Waals surface area (Å²) in [7, 11) is 0. The smallest absolute Gasteiger partial charge is 0.0715 e. The molecule has 12 rings (SSSR count). The minimum Gasteiger partial charge on any atom is -0.311 e. The minimum absolute atomic E-state index is 0. The Morgan fingerprint density at radius 1 is 0.173 bits per heavy atom. The molecule has 0 saturated heterocycles. The molecule has 0 bridgehead atoms. The molecule has 0 fully saturated rings. The molecule has 0 spiro atoms. The molecule has 75 heavy (non-hydrogen) atoms. The van der Waals surface area contributed by atoms with Gasteiger partial charge in [-0.1, -0.05) is 224 Å². The Balaban J connectivity index is 0.00000602. The average Bonchev–Trinajstić information content (AvgIpc) is 3.49. The molecule has 0 N–H and O–H groups in total. The SMILES string of the molecule is [B].c1ccc(-c2cc(-c3ccc(-c4ccc(-c5ccc(N(c6ccccc6)c6ccccc6)cc5)cc4)cc3)nc(-c3ccc(-c4ccc(-c5ccc(N(c6ccccc6)c6ccccc6)cc5)cc4)cc3)c2)cc1. The number of nitrogens with zero attached hydrogens (tertiary/aromatic N) is 3. The standard InChI is InChI=1S/C71H51N3.B/c1-6-16-52(17-7-1)63-50-70(61-38-34-57(35-39-61)53-26-30-55(31-27-53)59-42-46-68(47-43-59)73(64-18-8-2-9-19-64)65-20-10-3-11-21-65)72-71(51-63)62-40-36-58(37-41-62)54-28-32-56(33-29-54)60-44-48-69(49-45-60)74(66-22-12-4-13-23-66)67-24-14-5-15-25-67;/h1-51H;. The Morgan fingerprint density at radius 3 is 0.613 bits per heavy atom. The lowest BCUT2D eigenvalue weighted by Crippen LogP contribution is -2.09. The maximum absolute atomic E-state index is 5.29. The van der Waals surface area contributed by atoms with Gasteiger partial charge in [0.15, 0.2) is 0 Å². The van der Waals surface area contributed by atoms with Crippen LogP contribution in [0.25, 0.3) is 78.1 Å². The van der Waals surface area contributed by atoms with Crippen LogP contribution >= 0.6 is 0 Å². The van der Waals surface area contributed by atoms with E-state index < -0.39 is 0 Å². The Hall–Kier alpha value is -9.77. The highest BCUT2D eigenvalue weighted by molar-refractivity contribution is 5.83. The lowest BCUT2D eigenvalue weighted by atomic mass is 9.96. The van der Waals surface area contributed by atoms with Gasteiger partial charge in [-0.3, -0.25) is 0 Å². The van der Waals surface area contributed by atoms with Crippen LogP contribution < -0.4 is 9.80 Å². The van der Waals surface area contributed by atoms with Gasteiger partial charge < -0.3 is 9.80 Å². The second-order valence-electron chi connectivity index (χ2n) is 18.4. The van der Waals surface area contributed by atoms with Crippen molar-refractivity contribution in [2.24, 2.45) is 0 Å². The minimum atomic E-state index is 0. The van der Waals surface area contributed by atoms with Crippen molar-refractivity contribution in [3.63, 3.8) is 0 Å². The first kappa shape index (κ1) is 47.6. The van der Waals surface area contributed by atoms with Crippen molar-refractivity contribution < 1.29 is 0 Å². The molecule has 0 saturated carbocycles. The molecule has 1 aromatic heterocycles. The van der Waals surface area contributed by atoms with Crippen LogP contribution in [0.3, 0.4) is 0 Å². The number of pyridine rings is 1. The summed E-state index contributed by atoms with van der Waals surface area (Å²) in [6.07, 6.45) is 0. The Bertz CT molecular complexity index is 3430. The fourth-order valence-corrected chi connectivity index (χ4v) is 9.81. The van der Waals surface area contributed by atoms with Gasteiger partial charge in [0.2, 0.25) is 0 Å². The molecule has 353 valence electrons. The molecular weight excluding hydrogens is 906 g/mol. The lowest BCUT2D eigenvalue weighted by Gasteiger charge is -2.25. The fourth-order valence-electron chi connectivity index (χ4n) is 9.81. The maximum atomic E-state index is 5.29. The van der Waals surface area contributed by atoms with E-state index in [1.165, 1.54) is 33.4 Å². The number of aromatic nitrogens is 1. The van der Waals surface area contributed by atoms with Crippen LogP contribution in [-0.4, -0.2) is 13.4 Å². The first-order valence-electron chi connectivity index (χ1n) is 25.2. The van der Waals surface area contributed by atoms with E-state index in [0.717, 1.165) is 78.9 Å². The third-order valence-corrected chi connectivity index (χ3v) is 13.7. The van der Waals surface area contributed by atoms with E-state index in [-0.39, 0.29) is 8.41 Å². The Kier molecular flexibility index (Phi) is 13.9. The normalized spacial score (nSPS) is 10.8. The van der Waals surface area contributed by atoms with Gasteiger partial charge >= 0.3 is 0 Å². The lowest BCUT2D eigenvalue weighted by molar-refractivity contribution is 1.28. The van der Waals surface area contributed by atoms with Crippen LogP contribution in [0.4, 0.5) is 34.1 Å². The van der Waals surface area contributed by atoms with E-state index in [2.05, 4.69) is 319 Å². The van der Waals surface area contributed by atoms with Crippen LogP contribution in [-0.2, 0) is 0 Å². The third kappa shape index (κ3) is 10.5. The highest BCUT2D eigenvalue weighted by Crippen LogP contribution is 2.39. The number of para-hydroxylation sites is 4. The molecule has 0 aliphatic heterocycles. The monoisotopic (exact) mass is 956 g/mol. The molecule has 3 radical (unpaired) electrons. The van der Waals surface area contributed by atoms with Crippen molar-refractivity contribution >= 4 is 42.5 Å². The summed E-state index contributed by atoms with van der Waals surface area (Å²) >= 11 is 0. The molecule has 0 aliphatic carbocycles. The van der Waals surface area contributed by atoms with Crippen LogP contribution in [0.1, 0.15) is 0 Å². The molecule has 11 aromatic carbocycles. The Labute approximate surface area is 442 Å². The number of hydrogen-bond acceptors (Lipinski definition) is 3. The quantitative estimate of drug-likeness (QED) is 0.107. The zero-order valence-electron chi connectivity index (χ0n) is 41.4. The van der Waals surface area contributed by atoms with Crippen LogP contribution in [0.2, 0.25) is 0 Å². The summed E-state index contributed by atoms with van der Waals surface area (Å²) in [6.45, 7) is 0. The first-order chi connectivity index (χ1) is 36.7. The molecule has 3 nitrogen and oxygen atoms in total. The third-order valence-electron chi connectivity index (χ3n) is 13.7. The van der Waals surface area contributed by atoms with Crippen molar-refractivity contribution in [1.29, 1.82) is 0 Å². The van der Waals surface area contributed by atoms with Gasteiger partial charge in [-0.2, -0.15) is 0 Å². The Morgan fingerprint density at radius 2 is 0.360 bits per heavy atom. The van der Waals surface area contributed by atoms with Crippen LogP contribution in [0, 0.1) is 0 Å². The molecule has 0 atom stereocenters. The number of anilines is 6. The van der Waals surface area contributed by atoms with Gasteiger partial charge in [-0.05, 0) is 141 Å². The second kappa shape index (κ2) is 21.9. The van der Waals surface area contributed by atoms with Crippen molar-refractivity contribution in [3.05, 3.63) is 309 Å². The fraction of sp³-hybridized carbons (Fsp3) is 0. The van der Waals surface area contributed by atoms with Gasteiger partial charge in [0.25, 0.3) is 0 Å². The highest BCUT2D eigenvalue weighted by Gasteiger charge is 2.15. The summed E-state index contributed by atoms with van der Waals surface area (Å²) in [6, 6.07) is 110. The second-order valence-corrected chi connectivity index (χ2v) is 18.4. The van der Waals surface area contributed by atoms with Crippen LogP contribution in [0.5, 0.6) is 0 Å².